The summed E-state index contributed by atoms with van der Waals surface area (Å²) in [6, 6.07) is 0. The smallest absolute Gasteiger partial charge is 0.250 e. The maximum absolute atomic E-state index is 11.3. The lowest BCUT2D eigenvalue weighted by Gasteiger charge is -2.41. The molecular formula is C9H16N2O2. The first kappa shape index (κ1) is 8.97. The van der Waals surface area contributed by atoms with Crippen molar-refractivity contribution < 1.29 is 9.53 Å². The molecule has 2 fully saturated rings. The fraction of sp³-hybridized carbons (Fsp3) is 0.889. The number of nitrogens with zero attached hydrogens (tertiary/aromatic N) is 2. The fourth-order valence-electron chi connectivity index (χ4n) is 2.21. The third-order valence-corrected chi connectivity index (χ3v) is 3.07. The first-order valence-electron chi connectivity index (χ1n) is 4.73. The molecule has 4 nitrogen and oxygen atoms in total. The average molecular weight is 184 g/mol. The number of carbonyl (C=O) groups is 1. The number of carbonyl (C=O) groups excluding carboxylic acids is 1. The molecule has 0 saturated carbocycles. The molecule has 2 aliphatic rings. The molecule has 0 aliphatic carbocycles. The van der Waals surface area contributed by atoms with Gasteiger partial charge in [-0.3, -0.25) is 4.79 Å². The monoisotopic (exact) mass is 184 g/mol. The summed E-state index contributed by atoms with van der Waals surface area (Å²) in [5, 5.41) is 0. The van der Waals surface area contributed by atoms with E-state index < -0.39 is 0 Å². The third kappa shape index (κ3) is 1.34. The Balaban J connectivity index is 2.15. The van der Waals surface area contributed by atoms with E-state index in [2.05, 4.69) is 11.9 Å². The SMILES string of the molecule is CN1CCCC2(C1)OCC(=O)N2C. The first-order chi connectivity index (χ1) is 6.14. The van der Waals surface area contributed by atoms with Crippen molar-refractivity contribution in [3.8, 4) is 0 Å². The molecule has 2 rings (SSSR count). The summed E-state index contributed by atoms with van der Waals surface area (Å²) >= 11 is 0. The van der Waals surface area contributed by atoms with Crippen molar-refractivity contribution in [2.24, 2.45) is 0 Å². The molecule has 74 valence electrons. The molecule has 1 atom stereocenters. The maximum atomic E-state index is 11.3. The number of piperidine rings is 1. The molecule has 2 heterocycles. The van der Waals surface area contributed by atoms with Crippen LogP contribution in [0.15, 0.2) is 0 Å². The predicted molar refractivity (Wildman–Crippen MR) is 48.2 cm³/mol. The van der Waals surface area contributed by atoms with Crippen molar-refractivity contribution in [2.75, 3.05) is 33.8 Å². The molecule has 4 heteroatoms. The van der Waals surface area contributed by atoms with Crippen LogP contribution in [0, 0.1) is 0 Å². The predicted octanol–water partition coefficient (Wildman–Crippen LogP) is -0.103. The molecule has 0 radical (unpaired) electrons. The normalized spacial score (nSPS) is 36.2. The van der Waals surface area contributed by atoms with Gasteiger partial charge in [-0.1, -0.05) is 0 Å². The van der Waals surface area contributed by atoms with Crippen LogP contribution < -0.4 is 0 Å². The van der Waals surface area contributed by atoms with Gasteiger partial charge < -0.3 is 14.5 Å². The topological polar surface area (TPSA) is 32.8 Å². The highest BCUT2D eigenvalue weighted by molar-refractivity contribution is 5.79. The molecule has 1 unspecified atom stereocenters. The second-order valence-electron chi connectivity index (χ2n) is 4.03. The van der Waals surface area contributed by atoms with Crippen molar-refractivity contribution in [1.82, 2.24) is 9.80 Å². The van der Waals surface area contributed by atoms with Crippen LogP contribution in [0.5, 0.6) is 0 Å². The molecule has 13 heavy (non-hydrogen) atoms. The Bertz CT molecular complexity index is 232. The second kappa shape index (κ2) is 2.96. The van der Waals surface area contributed by atoms with Crippen molar-refractivity contribution in [2.45, 2.75) is 18.6 Å². The average Bonchev–Trinajstić information content (AvgIpc) is 2.35. The molecule has 1 amide bonds. The molecule has 0 aromatic rings. The number of hydrogen-bond donors (Lipinski definition) is 0. The zero-order chi connectivity index (χ0) is 9.47. The number of hydrogen-bond acceptors (Lipinski definition) is 3. The Morgan fingerprint density at radius 1 is 1.46 bits per heavy atom. The lowest BCUT2D eigenvalue weighted by atomic mass is 10.0. The third-order valence-electron chi connectivity index (χ3n) is 3.07. The highest BCUT2D eigenvalue weighted by Gasteiger charge is 2.46. The molecule has 0 bridgehead atoms. The lowest BCUT2D eigenvalue weighted by molar-refractivity contribution is -0.136. The summed E-state index contributed by atoms with van der Waals surface area (Å²) in [7, 11) is 3.91. The maximum Gasteiger partial charge on any atom is 0.250 e. The summed E-state index contributed by atoms with van der Waals surface area (Å²) in [4.78, 5) is 15.3. The first-order valence-corrected chi connectivity index (χ1v) is 4.73. The van der Waals surface area contributed by atoms with Gasteiger partial charge in [0.05, 0.1) is 0 Å². The fourth-order valence-corrected chi connectivity index (χ4v) is 2.21. The van der Waals surface area contributed by atoms with Gasteiger partial charge >= 0.3 is 0 Å². The molecule has 1 spiro atoms. The van der Waals surface area contributed by atoms with Crippen LogP contribution in [0.4, 0.5) is 0 Å². The highest BCUT2D eigenvalue weighted by Crippen LogP contribution is 2.31. The number of likely N-dealkylation sites (N-methyl/N-ethyl adjacent to an activating group) is 2. The second-order valence-corrected chi connectivity index (χ2v) is 4.03. The van der Waals surface area contributed by atoms with E-state index in [1.54, 1.807) is 4.90 Å². The highest BCUT2D eigenvalue weighted by atomic mass is 16.5. The quantitative estimate of drug-likeness (QED) is 0.527. The Labute approximate surface area is 78.4 Å². The van der Waals surface area contributed by atoms with Crippen LogP contribution in [-0.2, 0) is 9.53 Å². The summed E-state index contributed by atoms with van der Waals surface area (Å²) in [6.45, 7) is 2.20. The minimum atomic E-state index is -0.315. The Morgan fingerprint density at radius 3 is 2.77 bits per heavy atom. The van der Waals surface area contributed by atoms with E-state index in [0.717, 1.165) is 25.9 Å². The molecular weight excluding hydrogens is 168 g/mol. The molecule has 0 aromatic carbocycles. The van der Waals surface area contributed by atoms with Crippen molar-refractivity contribution in [1.29, 1.82) is 0 Å². The Morgan fingerprint density at radius 2 is 2.23 bits per heavy atom. The van der Waals surface area contributed by atoms with Gasteiger partial charge in [0.2, 0.25) is 0 Å². The van der Waals surface area contributed by atoms with Crippen LogP contribution in [-0.4, -0.2) is 55.2 Å². The van der Waals surface area contributed by atoms with Gasteiger partial charge in [-0.25, -0.2) is 0 Å². The minimum absolute atomic E-state index is 0.107. The molecule has 2 aliphatic heterocycles. The Kier molecular flexibility index (Phi) is 2.04. The van der Waals surface area contributed by atoms with Crippen LogP contribution in [0.3, 0.4) is 0 Å². The molecule has 0 N–H and O–H groups in total. The number of amides is 1. The summed E-state index contributed by atoms with van der Waals surface area (Å²) in [6.07, 6.45) is 2.08. The van der Waals surface area contributed by atoms with Gasteiger partial charge in [-0.05, 0) is 26.4 Å². The summed E-state index contributed by atoms with van der Waals surface area (Å²) < 4.78 is 5.61. The van der Waals surface area contributed by atoms with Crippen molar-refractivity contribution in [3.63, 3.8) is 0 Å². The van der Waals surface area contributed by atoms with Crippen LogP contribution in [0.2, 0.25) is 0 Å². The number of rotatable bonds is 0. The lowest BCUT2D eigenvalue weighted by Crippen LogP contribution is -2.55. The largest absolute Gasteiger partial charge is 0.344 e. The van der Waals surface area contributed by atoms with Gasteiger partial charge in [-0.2, -0.15) is 0 Å². The zero-order valence-electron chi connectivity index (χ0n) is 8.25. The van der Waals surface area contributed by atoms with Crippen LogP contribution in [0.1, 0.15) is 12.8 Å². The summed E-state index contributed by atoms with van der Waals surface area (Å²) in [5.41, 5.74) is -0.315. The number of likely N-dealkylation sites (tertiary alicyclic amines) is 1. The van der Waals surface area contributed by atoms with Gasteiger partial charge in [0.25, 0.3) is 5.91 Å². The van der Waals surface area contributed by atoms with Gasteiger partial charge in [0.15, 0.2) is 5.72 Å². The zero-order valence-corrected chi connectivity index (χ0v) is 8.25. The van der Waals surface area contributed by atoms with Gasteiger partial charge in [-0.15, -0.1) is 0 Å². The van der Waals surface area contributed by atoms with E-state index in [-0.39, 0.29) is 18.2 Å². The van der Waals surface area contributed by atoms with Crippen molar-refractivity contribution in [3.05, 3.63) is 0 Å². The van der Waals surface area contributed by atoms with Crippen LogP contribution in [0.25, 0.3) is 0 Å². The van der Waals surface area contributed by atoms with E-state index in [1.807, 2.05) is 7.05 Å². The van der Waals surface area contributed by atoms with E-state index >= 15 is 0 Å². The number of ether oxygens (including phenoxy) is 1. The van der Waals surface area contributed by atoms with E-state index in [0.29, 0.717) is 0 Å². The Hall–Kier alpha value is -0.610. The molecule has 0 aromatic heterocycles. The van der Waals surface area contributed by atoms with Gasteiger partial charge in [0.1, 0.15) is 6.61 Å². The van der Waals surface area contributed by atoms with Crippen molar-refractivity contribution >= 4 is 5.91 Å². The molecule has 2 saturated heterocycles. The van der Waals surface area contributed by atoms with E-state index in [9.17, 15) is 4.79 Å². The van der Waals surface area contributed by atoms with E-state index in [1.165, 1.54) is 0 Å². The standard InChI is InChI=1S/C9H16N2O2/c1-10-5-3-4-9(7-10)11(2)8(12)6-13-9/h3-7H2,1-2H3. The summed E-state index contributed by atoms with van der Waals surface area (Å²) in [5.74, 6) is 0.107. The minimum Gasteiger partial charge on any atom is -0.344 e. The van der Waals surface area contributed by atoms with Crippen LogP contribution >= 0.6 is 0 Å². The van der Waals surface area contributed by atoms with E-state index in [4.69, 9.17) is 4.74 Å². The van der Waals surface area contributed by atoms with Gasteiger partial charge in [0, 0.05) is 13.6 Å².